The molecule has 1 heteroatoms. The minimum absolute atomic E-state index is 0.306. The summed E-state index contributed by atoms with van der Waals surface area (Å²) in [7, 11) is 0. The highest BCUT2D eigenvalue weighted by Crippen LogP contribution is 2.25. The summed E-state index contributed by atoms with van der Waals surface area (Å²) < 4.78 is 0. The normalized spacial score (nSPS) is 16.1. The summed E-state index contributed by atoms with van der Waals surface area (Å²) in [5.74, 6) is 0. The molecule has 1 nitrogen and oxygen atoms in total. The molecule has 1 aromatic carbocycles. The fourth-order valence-electron chi connectivity index (χ4n) is 2.34. The number of aryl methyl sites for hydroxylation is 2. The van der Waals surface area contributed by atoms with E-state index in [2.05, 4.69) is 37.0 Å². The molecule has 2 rings (SSSR count). The van der Waals surface area contributed by atoms with E-state index in [9.17, 15) is 0 Å². The van der Waals surface area contributed by atoms with E-state index in [1.807, 2.05) is 6.08 Å². The van der Waals surface area contributed by atoms with Gasteiger partial charge in [-0.1, -0.05) is 31.2 Å². The smallest absolute Gasteiger partial charge is 0.0503 e. The minimum Gasteiger partial charge on any atom is -0.307 e. The molecular formula is C14H19N. The van der Waals surface area contributed by atoms with E-state index in [0.29, 0.717) is 6.04 Å². The number of likely N-dealkylation sites (N-methyl/N-ethyl adjacent to an activating group) is 1. The SMILES string of the molecule is C=CC(NCC)c1ccc2c(c1)CCC2. The topological polar surface area (TPSA) is 12.0 Å². The highest BCUT2D eigenvalue weighted by Gasteiger charge is 2.13. The lowest BCUT2D eigenvalue weighted by Gasteiger charge is -2.15. The molecule has 0 bridgehead atoms. The van der Waals surface area contributed by atoms with Crippen LogP contribution in [0.15, 0.2) is 30.9 Å². The molecule has 1 N–H and O–H groups in total. The van der Waals surface area contributed by atoms with E-state index < -0.39 is 0 Å². The Morgan fingerprint density at radius 2 is 2.20 bits per heavy atom. The van der Waals surface area contributed by atoms with Crippen molar-refractivity contribution in [2.45, 2.75) is 32.2 Å². The van der Waals surface area contributed by atoms with Crippen LogP contribution < -0.4 is 5.32 Å². The van der Waals surface area contributed by atoms with Crippen LogP contribution in [0.2, 0.25) is 0 Å². The molecule has 1 aromatic rings. The van der Waals surface area contributed by atoms with Crippen LogP contribution in [0.1, 0.15) is 36.1 Å². The lowest BCUT2D eigenvalue weighted by Crippen LogP contribution is -2.18. The van der Waals surface area contributed by atoms with E-state index in [1.165, 1.54) is 36.0 Å². The van der Waals surface area contributed by atoms with Crippen molar-refractivity contribution < 1.29 is 0 Å². The number of rotatable bonds is 4. The maximum atomic E-state index is 3.89. The lowest BCUT2D eigenvalue weighted by molar-refractivity contribution is 0.648. The van der Waals surface area contributed by atoms with Gasteiger partial charge in [0.1, 0.15) is 0 Å². The van der Waals surface area contributed by atoms with E-state index in [0.717, 1.165) is 6.54 Å². The van der Waals surface area contributed by atoms with Crippen molar-refractivity contribution >= 4 is 0 Å². The Balaban J connectivity index is 2.24. The van der Waals surface area contributed by atoms with Gasteiger partial charge in [-0.15, -0.1) is 6.58 Å². The van der Waals surface area contributed by atoms with Gasteiger partial charge in [-0.25, -0.2) is 0 Å². The summed E-state index contributed by atoms with van der Waals surface area (Å²) in [5.41, 5.74) is 4.43. The van der Waals surface area contributed by atoms with Gasteiger partial charge in [0, 0.05) is 0 Å². The van der Waals surface area contributed by atoms with Crippen LogP contribution in [0, 0.1) is 0 Å². The molecule has 0 amide bonds. The van der Waals surface area contributed by atoms with Gasteiger partial charge < -0.3 is 5.32 Å². The standard InChI is InChI=1S/C14H19N/c1-3-14(15-4-2)13-9-8-11-6-5-7-12(11)10-13/h3,8-10,14-15H,1,4-7H2,2H3. The largest absolute Gasteiger partial charge is 0.307 e. The Hall–Kier alpha value is -1.08. The van der Waals surface area contributed by atoms with E-state index in [1.54, 1.807) is 0 Å². The van der Waals surface area contributed by atoms with Gasteiger partial charge in [0.25, 0.3) is 0 Å². The van der Waals surface area contributed by atoms with Gasteiger partial charge in [0.05, 0.1) is 6.04 Å². The Morgan fingerprint density at radius 1 is 1.40 bits per heavy atom. The predicted molar refractivity (Wildman–Crippen MR) is 65.1 cm³/mol. The Kier molecular flexibility index (Phi) is 3.22. The third-order valence-corrected chi connectivity index (χ3v) is 3.14. The van der Waals surface area contributed by atoms with Crippen molar-refractivity contribution in [2.24, 2.45) is 0 Å². The molecule has 0 radical (unpaired) electrons. The van der Waals surface area contributed by atoms with Gasteiger partial charge in [-0.2, -0.15) is 0 Å². The molecule has 0 aromatic heterocycles. The van der Waals surface area contributed by atoms with E-state index in [-0.39, 0.29) is 0 Å². The predicted octanol–water partition coefficient (Wildman–Crippen LogP) is 3.01. The molecule has 0 saturated carbocycles. The molecular weight excluding hydrogens is 182 g/mol. The molecule has 1 unspecified atom stereocenters. The van der Waals surface area contributed by atoms with Gasteiger partial charge in [0.15, 0.2) is 0 Å². The Labute approximate surface area is 92.2 Å². The van der Waals surface area contributed by atoms with Crippen LogP contribution >= 0.6 is 0 Å². The molecule has 15 heavy (non-hydrogen) atoms. The number of benzene rings is 1. The first-order valence-corrected chi connectivity index (χ1v) is 5.82. The summed E-state index contributed by atoms with van der Waals surface area (Å²) in [4.78, 5) is 0. The van der Waals surface area contributed by atoms with Crippen LogP contribution in [0.3, 0.4) is 0 Å². The first kappa shape index (κ1) is 10.4. The zero-order valence-corrected chi connectivity index (χ0v) is 9.42. The minimum atomic E-state index is 0.306. The zero-order valence-electron chi connectivity index (χ0n) is 9.42. The highest BCUT2D eigenvalue weighted by atomic mass is 14.9. The maximum absolute atomic E-state index is 3.89. The molecule has 0 saturated heterocycles. The zero-order chi connectivity index (χ0) is 10.7. The van der Waals surface area contributed by atoms with Gasteiger partial charge >= 0.3 is 0 Å². The quantitative estimate of drug-likeness (QED) is 0.738. The number of nitrogens with one attached hydrogen (secondary N) is 1. The van der Waals surface area contributed by atoms with Crippen molar-refractivity contribution in [1.29, 1.82) is 0 Å². The van der Waals surface area contributed by atoms with Crippen molar-refractivity contribution in [1.82, 2.24) is 5.32 Å². The first-order chi connectivity index (χ1) is 7.35. The summed E-state index contributed by atoms with van der Waals surface area (Å²) in [5, 5.41) is 3.42. The second kappa shape index (κ2) is 4.63. The van der Waals surface area contributed by atoms with Gasteiger partial charge in [-0.05, 0) is 42.5 Å². The average Bonchev–Trinajstić information content (AvgIpc) is 2.72. The third kappa shape index (κ3) is 2.13. The maximum Gasteiger partial charge on any atom is 0.0503 e. The average molecular weight is 201 g/mol. The van der Waals surface area contributed by atoms with Crippen molar-refractivity contribution in [3.8, 4) is 0 Å². The van der Waals surface area contributed by atoms with Crippen molar-refractivity contribution in [2.75, 3.05) is 6.54 Å². The second-order valence-corrected chi connectivity index (χ2v) is 4.15. The summed E-state index contributed by atoms with van der Waals surface area (Å²) in [6, 6.07) is 7.17. The molecule has 0 aliphatic heterocycles. The molecule has 0 spiro atoms. The van der Waals surface area contributed by atoms with E-state index in [4.69, 9.17) is 0 Å². The monoisotopic (exact) mass is 201 g/mol. The number of fused-ring (bicyclic) bond motifs is 1. The van der Waals surface area contributed by atoms with E-state index >= 15 is 0 Å². The summed E-state index contributed by atoms with van der Waals surface area (Å²) in [6.07, 6.45) is 5.81. The second-order valence-electron chi connectivity index (χ2n) is 4.15. The van der Waals surface area contributed by atoms with Crippen LogP contribution in [0.25, 0.3) is 0 Å². The molecule has 0 fully saturated rings. The molecule has 0 heterocycles. The summed E-state index contributed by atoms with van der Waals surface area (Å²) >= 11 is 0. The van der Waals surface area contributed by atoms with Crippen molar-refractivity contribution in [3.63, 3.8) is 0 Å². The summed E-state index contributed by atoms with van der Waals surface area (Å²) in [6.45, 7) is 7.00. The van der Waals surface area contributed by atoms with Gasteiger partial charge in [-0.3, -0.25) is 0 Å². The van der Waals surface area contributed by atoms with Gasteiger partial charge in [0.2, 0.25) is 0 Å². The Bertz CT molecular complexity index is 354. The van der Waals surface area contributed by atoms with Crippen LogP contribution in [-0.2, 0) is 12.8 Å². The van der Waals surface area contributed by atoms with Crippen LogP contribution in [0.5, 0.6) is 0 Å². The molecule has 1 aliphatic carbocycles. The lowest BCUT2D eigenvalue weighted by atomic mass is 10.0. The molecule has 1 atom stereocenters. The number of hydrogen-bond donors (Lipinski definition) is 1. The highest BCUT2D eigenvalue weighted by molar-refractivity contribution is 5.37. The number of hydrogen-bond acceptors (Lipinski definition) is 1. The first-order valence-electron chi connectivity index (χ1n) is 5.82. The third-order valence-electron chi connectivity index (χ3n) is 3.14. The van der Waals surface area contributed by atoms with Crippen LogP contribution in [0.4, 0.5) is 0 Å². The fourth-order valence-corrected chi connectivity index (χ4v) is 2.34. The molecule has 80 valence electrons. The van der Waals surface area contributed by atoms with Crippen molar-refractivity contribution in [3.05, 3.63) is 47.5 Å². The van der Waals surface area contributed by atoms with Crippen LogP contribution in [-0.4, -0.2) is 6.54 Å². The Morgan fingerprint density at radius 3 is 2.93 bits per heavy atom. The fraction of sp³-hybridized carbons (Fsp3) is 0.429. The molecule has 1 aliphatic rings.